The Morgan fingerprint density at radius 3 is 2.31 bits per heavy atom. The van der Waals surface area contributed by atoms with Crippen LogP contribution in [0.2, 0.25) is 10.0 Å². The third-order valence-corrected chi connectivity index (χ3v) is 2.85. The number of hydrogen-bond acceptors (Lipinski definition) is 2. The van der Waals surface area contributed by atoms with Crippen LogP contribution in [0.5, 0.6) is 0 Å². The molecule has 0 fully saturated rings. The van der Waals surface area contributed by atoms with Crippen molar-refractivity contribution in [1.82, 2.24) is 4.37 Å². The molecule has 0 radical (unpaired) electrons. The van der Waals surface area contributed by atoms with Crippen molar-refractivity contribution in [2.45, 2.75) is 0 Å². The average molecular weight is 230 g/mol. The van der Waals surface area contributed by atoms with Crippen molar-refractivity contribution in [3.05, 3.63) is 39.7 Å². The molecule has 66 valence electrons. The van der Waals surface area contributed by atoms with Gasteiger partial charge in [0.05, 0.1) is 15.7 Å². The van der Waals surface area contributed by atoms with Gasteiger partial charge in [-0.3, -0.25) is 0 Å². The van der Waals surface area contributed by atoms with E-state index in [2.05, 4.69) is 4.37 Å². The van der Waals surface area contributed by atoms with Crippen LogP contribution in [0.15, 0.2) is 29.6 Å². The molecule has 2 rings (SSSR count). The Morgan fingerprint density at radius 2 is 1.77 bits per heavy atom. The van der Waals surface area contributed by atoms with Crippen molar-refractivity contribution in [2.24, 2.45) is 0 Å². The lowest BCUT2D eigenvalue weighted by Gasteiger charge is -2.02. The van der Waals surface area contributed by atoms with Gasteiger partial charge in [0.25, 0.3) is 0 Å². The zero-order valence-electron chi connectivity index (χ0n) is 6.50. The van der Waals surface area contributed by atoms with Crippen LogP contribution in [0, 0.1) is 0 Å². The fraction of sp³-hybridized carbons (Fsp3) is 0. The molecule has 0 N–H and O–H groups in total. The summed E-state index contributed by atoms with van der Waals surface area (Å²) in [6.07, 6.45) is 0. The molecule has 1 aromatic heterocycles. The highest BCUT2D eigenvalue weighted by Gasteiger charge is 2.08. The molecule has 0 saturated heterocycles. The number of nitrogens with zero attached hydrogens (tertiary/aromatic N) is 1. The number of hydrogen-bond donors (Lipinski definition) is 0. The van der Waals surface area contributed by atoms with E-state index >= 15 is 0 Å². The van der Waals surface area contributed by atoms with Crippen LogP contribution < -0.4 is 0 Å². The summed E-state index contributed by atoms with van der Waals surface area (Å²) in [5.41, 5.74) is 1.65. The molecule has 0 aliphatic heterocycles. The summed E-state index contributed by atoms with van der Waals surface area (Å²) in [7, 11) is 0. The van der Waals surface area contributed by atoms with Gasteiger partial charge in [0.15, 0.2) is 0 Å². The van der Waals surface area contributed by atoms with Crippen molar-refractivity contribution < 1.29 is 0 Å². The Labute approximate surface area is 90.1 Å². The first kappa shape index (κ1) is 9.00. The quantitative estimate of drug-likeness (QED) is 0.718. The Balaban J connectivity index is 2.64. The van der Waals surface area contributed by atoms with E-state index in [1.54, 1.807) is 0 Å². The summed E-state index contributed by atoms with van der Waals surface area (Å²) >= 11 is 13.4. The Bertz CT molecular complexity index is 391. The standard InChI is InChI=1S/C9H5Cl2NS/c10-6-2-1-3-7(11)9(6)8-4-5-13-12-8/h1-5H. The van der Waals surface area contributed by atoms with Gasteiger partial charge >= 0.3 is 0 Å². The number of aromatic nitrogens is 1. The van der Waals surface area contributed by atoms with Gasteiger partial charge in [0, 0.05) is 10.9 Å². The molecule has 0 unspecified atom stereocenters. The minimum Gasteiger partial charge on any atom is -0.193 e. The van der Waals surface area contributed by atoms with Crippen LogP contribution in [-0.4, -0.2) is 4.37 Å². The van der Waals surface area contributed by atoms with Crippen LogP contribution in [0.25, 0.3) is 11.3 Å². The summed E-state index contributed by atoms with van der Waals surface area (Å²) in [6, 6.07) is 7.34. The van der Waals surface area contributed by atoms with Crippen LogP contribution in [0.3, 0.4) is 0 Å². The average Bonchev–Trinajstić information content (AvgIpc) is 2.57. The van der Waals surface area contributed by atoms with Gasteiger partial charge in [-0.2, -0.15) is 4.37 Å². The topological polar surface area (TPSA) is 12.9 Å². The monoisotopic (exact) mass is 229 g/mol. The molecule has 0 spiro atoms. The minimum atomic E-state index is 0.637. The largest absolute Gasteiger partial charge is 0.193 e. The maximum atomic E-state index is 6.00. The summed E-state index contributed by atoms with van der Waals surface area (Å²) < 4.78 is 4.18. The maximum Gasteiger partial charge on any atom is 0.0870 e. The van der Waals surface area contributed by atoms with Crippen molar-refractivity contribution in [2.75, 3.05) is 0 Å². The number of halogens is 2. The highest BCUT2D eigenvalue weighted by atomic mass is 35.5. The zero-order valence-corrected chi connectivity index (χ0v) is 8.83. The molecule has 4 heteroatoms. The van der Waals surface area contributed by atoms with E-state index < -0.39 is 0 Å². The first-order valence-corrected chi connectivity index (χ1v) is 5.23. The van der Waals surface area contributed by atoms with Crippen molar-refractivity contribution in [3.8, 4) is 11.3 Å². The molecule has 0 aliphatic carbocycles. The van der Waals surface area contributed by atoms with Gasteiger partial charge in [0.1, 0.15) is 0 Å². The zero-order chi connectivity index (χ0) is 9.26. The normalized spacial score (nSPS) is 10.3. The second-order valence-electron chi connectivity index (χ2n) is 2.48. The van der Waals surface area contributed by atoms with E-state index in [4.69, 9.17) is 23.2 Å². The van der Waals surface area contributed by atoms with Crippen LogP contribution >= 0.6 is 34.7 Å². The summed E-state index contributed by atoms with van der Waals surface area (Å²) in [5, 5.41) is 3.17. The van der Waals surface area contributed by atoms with Crippen molar-refractivity contribution in [3.63, 3.8) is 0 Å². The summed E-state index contributed by atoms with van der Waals surface area (Å²) in [4.78, 5) is 0. The number of benzene rings is 1. The third-order valence-electron chi connectivity index (χ3n) is 1.66. The lowest BCUT2D eigenvalue weighted by atomic mass is 10.1. The summed E-state index contributed by atoms with van der Waals surface area (Å²) in [6.45, 7) is 0. The number of rotatable bonds is 1. The predicted octanol–water partition coefficient (Wildman–Crippen LogP) is 4.12. The SMILES string of the molecule is Clc1cccc(Cl)c1-c1ccsn1. The Kier molecular flexibility index (Phi) is 2.54. The summed E-state index contributed by atoms with van der Waals surface area (Å²) in [5.74, 6) is 0. The van der Waals surface area contributed by atoms with E-state index in [0.717, 1.165) is 11.3 Å². The second kappa shape index (κ2) is 3.66. The first-order chi connectivity index (χ1) is 6.29. The molecule has 13 heavy (non-hydrogen) atoms. The van der Waals surface area contributed by atoms with Gasteiger partial charge in [-0.25, -0.2) is 0 Å². The van der Waals surface area contributed by atoms with E-state index in [0.29, 0.717) is 10.0 Å². The minimum absolute atomic E-state index is 0.637. The highest BCUT2D eigenvalue weighted by Crippen LogP contribution is 2.33. The van der Waals surface area contributed by atoms with E-state index in [1.165, 1.54) is 11.5 Å². The Morgan fingerprint density at radius 1 is 1.08 bits per heavy atom. The van der Waals surface area contributed by atoms with Crippen molar-refractivity contribution >= 4 is 34.7 Å². The molecule has 2 aromatic rings. The molecule has 0 bridgehead atoms. The van der Waals surface area contributed by atoms with E-state index in [1.807, 2.05) is 29.6 Å². The fourth-order valence-electron chi connectivity index (χ4n) is 1.08. The molecular formula is C9H5Cl2NS. The molecule has 0 amide bonds. The van der Waals surface area contributed by atoms with Crippen LogP contribution in [0.1, 0.15) is 0 Å². The van der Waals surface area contributed by atoms with Crippen LogP contribution in [-0.2, 0) is 0 Å². The molecule has 0 aliphatic rings. The van der Waals surface area contributed by atoms with E-state index in [9.17, 15) is 0 Å². The fourth-order valence-corrected chi connectivity index (χ4v) is 2.19. The first-order valence-electron chi connectivity index (χ1n) is 3.64. The van der Waals surface area contributed by atoms with Gasteiger partial charge in [-0.15, -0.1) is 0 Å². The molecule has 1 heterocycles. The Hall–Kier alpha value is -0.570. The molecule has 1 nitrogen and oxygen atoms in total. The van der Waals surface area contributed by atoms with E-state index in [-0.39, 0.29) is 0 Å². The molecule has 1 aromatic carbocycles. The lowest BCUT2D eigenvalue weighted by Crippen LogP contribution is -1.79. The lowest BCUT2D eigenvalue weighted by molar-refractivity contribution is 1.52. The predicted molar refractivity (Wildman–Crippen MR) is 57.6 cm³/mol. The van der Waals surface area contributed by atoms with Crippen LogP contribution in [0.4, 0.5) is 0 Å². The third kappa shape index (κ3) is 1.70. The second-order valence-corrected chi connectivity index (χ2v) is 3.96. The van der Waals surface area contributed by atoms with Gasteiger partial charge in [-0.05, 0) is 29.7 Å². The molecular weight excluding hydrogens is 225 g/mol. The molecule has 0 saturated carbocycles. The van der Waals surface area contributed by atoms with Gasteiger partial charge in [-0.1, -0.05) is 29.3 Å². The smallest absolute Gasteiger partial charge is 0.0870 e. The molecule has 0 atom stereocenters. The highest BCUT2D eigenvalue weighted by molar-refractivity contribution is 7.03. The maximum absolute atomic E-state index is 6.00. The van der Waals surface area contributed by atoms with Crippen molar-refractivity contribution in [1.29, 1.82) is 0 Å². The van der Waals surface area contributed by atoms with Gasteiger partial charge < -0.3 is 0 Å². The van der Waals surface area contributed by atoms with Gasteiger partial charge in [0.2, 0.25) is 0 Å².